The molecular weight excluding hydrogens is 566 g/mol. The van der Waals surface area contributed by atoms with Gasteiger partial charge >= 0.3 is 21.3 Å². The van der Waals surface area contributed by atoms with Crippen LogP contribution in [0.5, 0.6) is 0 Å². The van der Waals surface area contributed by atoms with Crippen LogP contribution in [0.3, 0.4) is 0 Å². The summed E-state index contributed by atoms with van der Waals surface area (Å²) in [4.78, 5) is 51.2. The van der Waals surface area contributed by atoms with Gasteiger partial charge in [0.15, 0.2) is 18.0 Å². The first-order chi connectivity index (χ1) is 17.6. The Bertz CT molecular complexity index is 1380. The molecule has 4 rings (SSSR count). The molecular formula is C16H24N4O16P2. The van der Waals surface area contributed by atoms with Gasteiger partial charge in [0.2, 0.25) is 0 Å². The normalized spacial score (nSPS) is 37.2. The van der Waals surface area contributed by atoms with Crippen LogP contribution in [0.2, 0.25) is 0 Å². The SMILES string of the molecule is C[C@@H]1O[C@H](OP(=O)(O)OP(=O)(O)OC[C@H]2O[C@@H](n3cnc4c(=O)[nH]c(=O)[nH]c43)[C@H](O)[C@@H]2O)[C@@H](O)[C@@H](O)[C@H]1O. The minimum Gasteiger partial charge on any atom is -0.388 e. The largest absolute Gasteiger partial charge is 0.483 e. The van der Waals surface area contributed by atoms with E-state index in [1.807, 2.05) is 4.98 Å². The number of aliphatic hydroxyl groups is 5. The van der Waals surface area contributed by atoms with Crippen molar-refractivity contribution in [1.29, 1.82) is 0 Å². The summed E-state index contributed by atoms with van der Waals surface area (Å²) in [5.41, 5.74) is -2.11. The van der Waals surface area contributed by atoms with E-state index in [4.69, 9.17) is 9.47 Å². The van der Waals surface area contributed by atoms with E-state index in [1.165, 1.54) is 6.92 Å². The molecule has 2 aromatic heterocycles. The molecule has 2 aliphatic rings. The molecule has 0 spiro atoms. The number of hydrogen-bond acceptors (Lipinski definition) is 15. The third kappa shape index (κ3) is 5.83. The number of rotatable bonds is 8. The predicted molar refractivity (Wildman–Crippen MR) is 117 cm³/mol. The molecule has 0 aromatic carbocycles. The number of fused-ring (bicyclic) bond motifs is 1. The maximum absolute atomic E-state index is 12.3. The Hall–Kier alpha value is -1.87. The minimum atomic E-state index is -5.52. The van der Waals surface area contributed by atoms with E-state index in [0.29, 0.717) is 0 Å². The van der Waals surface area contributed by atoms with Crippen molar-refractivity contribution in [3.63, 3.8) is 0 Å². The molecule has 20 nitrogen and oxygen atoms in total. The Kier molecular flexibility index (Phi) is 8.12. The summed E-state index contributed by atoms with van der Waals surface area (Å²) in [5, 5.41) is 49.9. The van der Waals surface area contributed by atoms with Crippen molar-refractivity contribution >= 4 is 26.8 Å². The number of ether oxygens (including phenoxy) is 2. The van der Waals surface area contributed by atoms with E-state index in [2.05, 4.69) is 23.3 Å². The van der Waals surface area contributed by atoms with Crippen LogP contribution in [-0.4, -0.2) is 110 Å². The maximum atomic E-state index is 12.3. The van der Waals surface area contributed by atoms with Gasteiger partial charge in [-0.15, -0.1) is 0 Å². The fraction of sp³-hybridized carbons (Fsp3) is 0.688. The molecule has 2 fully saturated rings. The average Bonchev–Trinajstić information content (AvgIpc) is 3.35. The number of phosphoric acid groups is 2. The van der Waals surface area contributed by atoms with Crippen LogP contribution < -0.4 is 11.2 Å². The Morgan fingerprint density at radius 2 is 1.66 bits per heavy atom. The second-order valence-corrected chi connectivity index (χ2v) is 11.4. The van der Waals surface area contributed by atoms with Gasteiger partial charge in [0.05, 0.1) is 19.0 Å². The number of H-pyrrole nitrogens is 2. The zero-order valence-corrected chi connectivity index (χ0v) is 20.9. The van der Waals surface area contributed by atoms with Crippen molar-refractivity contribution in [3.05, 3.63) is 27.2 Å². The summed E-state index contributed by atoms with van der Waals surface area (Å²) in [5.74, 6) is 0. The first-order valence-corrected chi connectivity index (χ1v) is 13.7. The van der Waals surface area contributed by atoms with Gasteiger partial charge in [-0.25, -0.2) is 18.9 Å². The standard InChI is InChI=1S/C16H24N4O16P2/c1-4-7(21)9(23)11(25)15(33-4)35-38(30,31)36-37(28,29)32-2-5-8(22)10(24)14(34-5)20-3-17-6-12(20)18-16(27)19-13(6)26/h3-5,7-11,14-15,21-25H,2H2,1H3,(H,28,29)(H,30,31)(H2,18,19,26,27)/t4-,5+,7-,8+,9-,10+,11-,14+,15+/m0/s1. The summed E-state index contributed by atoms with van der Waals surface area (Å²) >= 11 is 0. The minimum absolute atomic E-state index is 0.162. The number of aromatic nitrogens is 4. The van der Waals surface area contributed by atoms with Crippen molar-refractivity contribution in [2.24, 2.45) is 0 Å². The van der Waals surface area contributed by atoms with Crippen molar-refractivity contribution in [2.45, 2.75) is 62.2 Å². The lowest BCUT2D eigenvalue weighted by atomic mass is 10.0. The van der Waals surface area contributed by atoms with E-state index in [0.717, 1.165) is 10.9 Å². The number of imidazole rings is 1. The first kappa shape index (κ1) is 29.1. The molecule has 214 valence electrons. The molecule has 0 amide bonds. The second kappa shape index (κ2) is 10.6. The number of aliphatic hydroxyl groups excluding tert-OH is 5. The fourth-order valence-electron chi connectivity index (χ4n) is 3.81. The molecule has 0 bridgehead atoms. The summed E-state index contributed by atoms with van der Waals surface area (Å²) in [6.45, 7) is 0.257. The lowest BCUT2D eigenvalue weighted by Crippen LogP contribution is -2.57. The monoisotopic (exact) mass is 590 g/mol. The highest BCUT2D eigenvalue weighted by molar-refractivity contribution is 7.61. The molecule has 9 N–H and O–H groups in total. The topological polar surface area (TPSA) is 305 Å². The third-order valence-electron chi connectivity index (χ3n) is 5.73. The van der Waals surface area contributed by atoms with E-state index < -0.39 is 88.7 Å². The van der Waals surface area contributed by atoms with Crippen LogP contribution in [0.4, 0.5) is 0 Å². The molecule has 0 radical (unpaired) electrons. The molecule has 2 aliphatic heterocycles. The van der Waals surface area contributed by atoms with E-state index in [-0.39, 0.29) is 11.2 Å². The summed E-state index contributed by atoms with van der Waals surface area (Å²) in [6, 6.07) is 0. The number of aromatic amines is 2. The number of nitrogens with one attached hydrogen (secondary N) is 2. The van der Waals surface area contributed by atoms with Crippen molar-refractivity contribution in [3.8, 4) is 0 Å². The number of nitrogens with zero attached hydrogens (tertiary/aromatic N) is 2. The lowest BCUT2D eigenvalue weighted by Gasteiger charge is -2.38. The van der Waals surface area contributed by atoms with Gasteiger partial charge in [0.1, 0.15) is 42.3 Å². The Morgan fingerprint density at radius 1 is 0.974 bits per heavy atom. The quantitative estimate of drug-likeness (QED) is 0.133. The van der Waals surface area contributed by atoms with Crippen LogP contribution in [0, 0.1) is 0 Å². The van der Waals surface area contributed by atoms with Gasteiger partial charge in [-0.2, -0.15) is 4.31 Å². The first-order valence-electron chi connectivity index (χ1n) is 10.7. The Morgan fingerprint density at radius 3 is 2.34 bits per heavy atom. The third-order valence-corrected chi connectivity index (χ3v) is 8.33. The number of hydrogen-bond donors (Lipinski definition) is 9. The molecule has 0 saturated carbocycles. The van der Waals surface area contributed by atoms with E-state index in [9.17, 15) is 54.0 Å². The van der Waals surface area contributed by atoms with Crippen LogP contribution in [-0.2, 0) is 32.0 Å². The van der Waals surface area contributed by atoms with Gasteiger partial charge in [-0.05, 0) is 6.92 Å². The van der Waals surface area contributed by atoms with Gasteiger partial charge in [0.25, 0.3) is 5.56 Å². The maximum Gasteiger partial charge on any atom is 0.483 e. The van der Waals surface area contributed by atoms with E-state index >= 15 is 0 Å². The summed E-state index contributed by atoms with van der Waals surface area (Å²) in [7, 11) is -11.0. The molecule has 38 heavy (non-hydrogen) atoms. The molecule has 2 saturated heterocycles. The van der Waals surface area contributed by atoms with Crippen molar-refractivity contribution < 1.29 is 67.3 Å². The summed E-state index contributed by atoms with van der Waals surface area (Å²) in [6.07, 6.45) is -14.1. The van der Waals surface area contributed by atoms with Crippen LogP contribution >= 0.6 is 15.6 Å². The zero-order chi connectivity index (χ0) is 28.2. The fourth-order valence-corrected chi connectivity index (χ4v) is 5.97. The lowest BCUT2D eigenvalue weighted by molar-refractivity contribution is -0.271. The van der Waals surface area contributed by atoms with E-state index in [1.54, 1.807) is 0 Å². The smallest absolute Gasteiger partial charge is 0.388 e. The second-order valence-electron chi connectivity index (χ2n) is 8.40. The Labute approximate surface area is 210 Å². The predicted octanol–water partition coefficient (Wildman–Crippen LogP) is -3.89. The molecule has 22 heteroatoms. The van der Waals surface area contributed by atoms with Crippen LogP contribution in [0.25, 0.3) is 11.2 Å². The van der Waals surface area contributed by atoms with Gasteiger partial charge < -0.3 is 44.8 Å². The van der Waals surface area contributed by atoms with Gasteiger partial charge in [-0.1, -0.05) is 0 Å². The number of phosphoric ester groups is 2. The van der Waals surface area contributed by atoms with Crippen molar-refractivity contribution in [2.75, 3.05) is 6.61 Å². The van der Waals surface area contributed by atoms with Crippen molar-refractivity contribution in [1.82, 2.24) is 19.5 Å². The van der Waals surface area contributed by atoms with Crippen LogP contribution in [0.15, 0.2) is 15.9 Å². The highest BCUT2D eigenvalue weighted by atomic mass is 31.3. The van der Waals surface area contributed by atoms with Crippen LogP contribution in [0.1, 0.15) is 13.2 Å². The summed E-state index contributed by atoms with van der Waals surface area (Å²) < 4.78 is 49.1. The Balaban J connectivity index is 1.40. The van der Waals surface area contributed by atoms with Gasteiger partial charge in [-0.3, -0.25) is 28.4 Å². The molecule has 11 atom stereocenters. The average molecular weight is 590 g/mol. The highest BCUT2D eigenvalue weighted by Gasteiger charge is 2.49. The molecule has 2 unspecified atom stereocenters. The molecule has 0 aliphatic carbocycles. The molecule has 2 aromatic rings. The zero-order valence-electron chi connectivity index (χ0n) is 19.1. The highest BCUT2D eigenvalue weighted by Crippen LogP contribution is 2.61. The van der Waals surface area contributed by atoms with Gasteiger partial charge in [0, 0.05) is 0 Å². The molecule has 4 heterocycles.